The van der Waals surface area contributed by atoms with Crippen LogP contribution in [0.2, 0.25) is 0 Å². The molecule has 0 bridgehead atoms. The number of Topliss-reactive ketones (excluding diaryl/α,β-unsaturated/α-hetero) is 1. The van der Waals surface area contributed by atoms with Crippen molar-refractivity contribution in [3.63, 3.8) is 0 Å². The lowest BCUT2D eigenvalue weighted by molar-refractivity contribution is 0.105. The summed E-state index contributed by atoms with van der Waals surface area (Å²) >= 11 is 0. The second-order valence-electron chi connectivity index (χ2n) is 6.08. The topological polar surface area (TPSA) is 44.8 Å². The van der Waals surface area contributed by atoms with Crippen LogP contribution in [0.4, 0.5) is 0 Å². The van der Waals surface area contributed by atoms with Crippen molar-refractivity contribution < 1.29 is 19.0 Å². The van der Waals surface area contributed by atoms with Gasteiger partial charge in [0, 0.05) is 11.1 Å². The molecule has 28 heavy (non-hydrogen) atoms. The number of ether oxygens (including phenoxy) is 3. The zero-order valence-electron chi connectivity index (χ0n) is 16.1. The second kappa shape index (κ2) is 8.91. The summed E-state index contributed by atoms with van der Waals surface area (Å²) < 4.78 is 16.3. The van der Waals surface area contributed by atoms with E-state index in [1.165, 1.54) is 0 Å². The Bertz CT molecular complexity index is 951. The Morgan fingerprint density at radius 2 is 1.25 bits per heavy atom. The highest BCUT2D eigenvalue weighted by atomic mass is 16.5. The van der Waals surface area contributed by atoms with Crippen LogP contribution in [0.3, 0.4) is 0 Å². The first-order valence-corrected chi connectivity index (χ1v) is 8.84. The fraction of sp³-hybridized carbons (Fsp3) is 0.125. The van der Waals surface area contributed by atoms with Gasteiger partial charge in [0.15, 0.2) is 17.3 Å². The Balaban J connectivity index is 2.20. The summed E-state index contributed by atoms with van der Waals surface area (Å²) in [5.74, 6) is 1.40. The van der Waals surface area contributed by atoms with E-state index in [1.54, 1.807) is 45.6 Å². The first-order chi connectivity index (χ1) is 13.7. The van der Waals surface area contributed by atoms with Gasteiger partial charge in [0.25, 0.3) is 0 Å². The van der Waals surface area contributed by atoms with E-state index >= 15 is 0 Å². The molecule has 0 aliphatic carbocycles. The fourth-order valence-electron chi connectivity index (χ4n) is 2.98. The number of carbonyl (C=O) groups excluding carboxylic acids is 1. The van der Waals surface area contributed by atoms with Crippen LogP contribution in [0.5, 0.6) is 17.2 Å². The molecule has 0 fully saturated rings. The van der Waals surface area contributed by atoms with E-state index in [0.717, 1.165) is 5.56 Å². The molecule has 4 heteroatoms. The molecule has 0 saturated carbocycles. The Morgan fingerprint density at radius 3 is 1.75 bits per heavy atom. The van der Waals surface area contributed by atoms with Crippen molar-refractivity contribution in [2.75, 3.05) is 21.3 Å². The van der Waals surface area contributed by atoms with Gasteiger partial charge in [-0.2, -0.15) is 0 Å². The molecule has 0 heterocycles. The third-order valence-electron chi connectivity index (χ3n) is 4.37. The van der Waals surface area contributed by atoms with Gasteiger partial charge in [0.1, 0.15) is 0 Å². The largest absolute Gasteiger partial charge is 0.493 e. The molecule has 3 rings (SSSR count). The van der Waals surface area contributed by atoms with Gasteiger partial charge in [-0.05, 0) is 29.3 Å². The molecule has 0 unspecified atom stereocenters. The zero-order valence-corrected chi connectivity index (χ0v) is 16.1. The van der Waals surface area contributed by atoms with E-state index in [-0.39, 0.29) is 5.78 Å². The van der Waals surface area contributed by atoms with E-state index < -0.39 is 0 Å². The summed E-state index contributed by atoms with van der Waals surface area (Å²) in [6.07, 6.45) is 1.87. The van der Waals surface area contributed by atoms with Gasteiger partial charge in [0.05, 0.1) is 21.3 Å². The summed E-state index contributed by atoms with van der Waals surface area (Å²) in [6, 6.07) is 22.5. The molecule has 3 aromatic rings. The van der Waals surface area contributed by atoms with Gasteiger partial charge < -0.3 is 14.2 Å². The predicted octanol–water partition coefficient (Wildman–Crippen LogP) is 5.14. The Hall–Kier alpha value is -3.53. The first kappa shape index (κ1) is 19.2. The molecule has 0 atom stereocenters. The highest BCUT2D eigenvalue weighted by molar-refractivity contribution is 6.32. The molecule has 0 aliphatic heterocycles. The third-order valence-corrected chi connectivity index (χ3v) is 4.37. The maximum Gasteiger partial charge on any atom is 0.203 e. The number of methoxy groups -OCH3 is 3. The normalized spacial score (nSPS) is 11.0. The summed E-state index contributed by atoms with van der Waals surface area (Å²) in [4.78, 5) is 13.3. The van der Waals surface area contributed by atoms with E-state index in [0.29, 0.717) is 33.9 Å². The van der Waals surface area contributed by atoms with Crippen molar-refractivity contribution in [2.45, 2.75) is 0 Å². The lowest BCUT2D eigenvalue weighted by atomic mass is 9.94. The van der Waals surface area contributed by atoms with Crippen molar-refractivity contribution in [1.29, 1.82) is 0 Å². The van der Waals surface area contributed by atoms with Crippen LogP contribution in [0, 0.1) is 0 Å². The number of rotatable bonds is 7. The lowest BCUT2D eigenvalue weighted by Gasteiger charge is -2.15. The SMILES string of the molecule is COc1cc(C(=Cc2ccccc2)C(=O)c2ccccc2)cc(OC)c1OC. The van der Waals surface area contributed by atoms with E-state index in [2.05, 4.69) is 0 Å². The molecule has 0 aliphatic rings. The van der Waals surface area contributed by atoms with Crippen molar-refractivity contribution in [1.82, 2.24) is 0 Å². The molecule has 3 aromatic carbocycles. The first-order valence-electron chi connectivity index (χ1n) is 8.84. The molecule has 0 spiro atoms. The molecule has 0 amide bonds. The van der Waals surface area contributed by atoms with Crippen LogP contribution < -0.4 is 14.2 Å². The van der Waals surface area contributed by atoms with Crippen LogP contribution in [0.1, 0.15) is 21.5 Å². The standard InChI is InChI=1S/C24H22O4/c1-26-21-15-19(16-22(27-2)24(21)28-3)20(14-17-10-6-4-7-11-17)23(25)18-12-8-5-9-13-18/h4-16H,1-3H3. The van der Waals surface area contributed by atoms with Gasteiger partial charge in [-0.1, -0.05) is 60.7 Å². The van der Waals surface area contributed by atoms with Crippen LogP contribution in [0.15, 0.2) is 72.8 Å². The van der Waals surface area contributed by atoms with Gasteiger partial charge in [0.2, 0.25) is 5.75 Å². The van der Waals surface area contributed by atoms with Crippen LogP contribution in [0.25, 0.3) is 11.6 Å². The molecule has 4 nitrogen and oxygen atoms in total. The Kier molecular flexibility index (Phi) is 6.12. The quantitative estimate of drug-likeness (QED) is 0.326. The average Bonchev–Trinajstić information content (AvgIpc) is 2.77. The number of carbonyl (C=O) groups is 1. The predicted molar refractivity (Wildman–Crippen MR) is 111 cm³/mol. The zero-order chi connectivity index (χ0) is 19.9. The number of hydrogen-bond acceptors (Lipinski definition) is 4. The number of benzene rings is 3. The van der Waals surface area contributed by atoms with Crippen molar-refractivity contribution in [3.8, 4) is 17.2 Å². The van der Waals surface area contributed by atoms with Crippen molar-refractivity contribution >= 4 is 17.4 Å². The summed E-state index contributed by atoms with van der Waals surface area (Å²) in [7, 11) is 4.66. The highest BCUT2D eigenvalue weighted by Gasteiger charge is 2.20. The molecule has 0 radical (unpaired) electrons. The van der Waals surface area contributed by atoms with Gasteiger partial charge in [-0.25, -0.2) is 0 Å². The van der Waals surface area contributed by atoms with E-state index in [1.807, 2.05) is 54.6 Å². The van der Waals surface area contributed by atoms with Crippen LogP contribution in [-0.2, 0) is 0 Å². The van der Waals surface area contributed by atoms with E-state index in [9.17, 15) is 4.79 Å². The summed E-state index contributed by atoms with van der Waals surface area (Å²) in [5, 5.41) is 0. The summed E-state index contributed by atoms with van der Waals surface area (Å²) in [5.41, 5.74) is 2.76. The molecular weight excluding hydrogens is 352 g/mol. The second-order valence-corrected chi connectivity index (χ2v) is 6.08. The monoisotopic (exact) mass is 374 g/mol. The minimum absolute atomic E-state index is 0.0845. The average molecular weight is 374 g/mol. The van der Waals surface area contributed by atoms with Gasteiger partial charge >= 0.3 is 0 Å². The highest BCUT2D eigenvalue weighted by Crippen LogP contribution is 2.40. The fourth-order valence-corrected chi connectivity index (χ4v) is 2.98. The van der Waals surface area contributed by atoms with Gasteiger partial charge in [-0.3, -0.25) is 4.79 Å². The molecule has 142 valence electrons. The van der Waals surface area contributed by atoms with Crippen molar-refractivity contribution in [3.05, 3.63) is 89.5 Å². The smallest absolute Gasteiger partial charge is 0.203 e. The summed E-state index contributed by atoms with van der Waals surface area (Å²) in [6.45, 7) is 0. The van der Waals surface area contributed by atoms with Crippen LogP contribution >= 0.6 is 0 Å². The minimum atomic E-state index is -0.0845. The van der Waals surface area contributed by atoms with Crippen molar-refractivity contribution in [2.24, 2.45) is 0 Å². The number of ketones is 1. The molecule has 0 N–H and O–H groups in total. The molecular formula is C24H22O4. The molecule has 0 saturated heterocycles. The minimum Gasteiger partial charge on any atom is -0.493 e. The molecule has 0 aromatic heterocycles. The van der Waals surface area contributed by atoms with E-state index in [4.69, 9.17) is 14.2 Å². The van der Waals surface area contributed by atoms with Crippen LogP contribution in [-0.4, -0.2) is 27.1 Å². The Labute approximate surface area is 165 Å². The number of hydrogen-bond donors (Lipinski definition) is 0. The maximum atomic E-state index is 13.3. The lowest BCUT2D eigenvalue weighted by Crippen LogP contribution is -2.04. The maximum absolute atomic E-state index is 13.3. The third kappa shape index (κ3) is 4.07. The van der Waals surface area contributed by atoms with Gasteiger partial charge in [-0.15, -0.1) is 0 Å². The Morgan fingerprint density at radius 1 is 0.714 bits per heavy atom. The number of allylic oxidation sites excluding steroid dienone is 1.